The zero-order chi connectivity index (χ0) is 13.2. The number of nitrogens with one attached hydrogen (secondary N) is 1. The van der Waals surface area contributed by atoms with Gasteiger partial charge in [-0.15, -0.1) is 11.3 Å². The van der Waals surface area contributed by atoms with Crippen LogP contribution in [0.4, 0.5) is 0 Å². The fraction of sp³-hybridized carbons (Fsp3) is 0.333. The number of nitrogens with zero attached hydrogens (tertiary/aromatic N) is 1. The fourth-order valence-electron chi connectivity index (χ4n) is 1.14. The van der Waals surface area contributed by atoms with E-state index in [1.807, 2.05) is 20.8 Å². The van der Waals surface area contributed by atoms with E-state index in [4.69, 9.17) is 9.25 Å². The van der Waals surface area contributed by atoms with Gasteiger partial charge in [0.05, 0.1) is 11.9 Å². The summed E-state index contributed by atoms with van der Waals surface area (Å²) in [6.07, 6.45) is 1.57. The third-order valence-electron chi connectivity index (χ3n) is 1.92. The van der Waals surface area contributed by atoms with Crippen molar-refractivity contribution in [3.63, 3.8) is 0 Å². The first-order valence-corrected chi connectivity index (χ1v) is 6.31. The number of carbonyl (C=O) groups is 1. The summed E-state index contributed by atoms with van der Waals surface area (Å²) in [6, 6.07) is 3.57. The Morgan fingerprint density at radius 1 is 1.50 bits per heavy atom. The third-order valence-corrected chi connectivity index (χ3v) is 2.78. The molecule has 0 spiro atoms. The number of carbonyl (C=O) groups excluding carboxylic acids is 1. The molecule has 1 amide bonds. The third kappa shape index (κ3) is 3.18. The van der Waals surface area contributed by atoms with Gasteiger partial charge in [0.2, 0.25) is 0 Å². The SMILES string of the molecule is CC(C)(C)ONC(=O)c1csc(-c2ccco2)n1. The molecule has 2 aromatic heterocycles. The van der Waals surface area contributed by atoms with Crippen molar-refractivity contribution < 1.29 is 14.0 Å². The molecule has 2 rings (SSSR count). The van der Waals surface area contributed by atoms with Crippen molar-refractivity contribution in [2.24, 2.45) is 0 Å². The minimum Gasteiger partial charge on any atom is -0.462 e. The molecule has 0 saturated carbocycles. The van der Waals surface area contributed by atoms with Gasteiger partial charge in [-0.1, -0.05) is 0 Å². The Morgan fingerprint density at radius 2 is 2.28 bits per heavy atom. The van der Waals surface area contributed by atoms with Gasteiger partial charge in [-0.3, -0.25) is 9.63 Å². The van der Waals surface area contributed by atoms with Gasteiger partial charge in [-0.25, -0.2) is 10.5 Å². The van der Waals surface area contributed by atoms with Gasteiger partial charge in [0, 0.05) is 5.38 Å². The Hall–Kier alpha value is -1.66. The normalized spacial score (nSPS) is 11.5. The molecule has 0 aliphatic rings. The number of amides is 1. The van der Waals surface area contributed by atoms with Crippen LogP contribution in [-0.2, 0) is 4.84 Å². The second kappa shape index (κ2) is 4.91. The van der Waals surface area contributed by atoms with Gasteiger partial charge in [-0.2, -0.15) is 0 Å². The highest BCUT2D eigenvalue weighted by molar-refractivity contribution is 7.13. The van der Waals surface area contributed by atoms with Crippen molar-refractivity contribution in [3.05, 3.63) is 29.5 Å². The van der Waals surface area contributed by atoms with Crippen molar-refractivity contribution in [1.82, 2.24) is 10.5 Å². The first-order chi connectivity index (χ1) is 8.46. The molecule has 18 heavy (non-hydrogen) atoms. The predicted octanol–water partition coefficient (Wildman–Crippen LogP) is 2.86. The summed E-state index contributed by atoms with van der Waals surface area (Å²) in [5, 5.41) is 2.33. The highest BCUT2D eigenvalue weighted by atomic mass is 32.1. The minimum absolute atomic E-state index is 0.315. The van der Waals surface area contributed by atoms with E-state index in [-0.39, 0.29) is 5.91 Å². The van der Waals surface area contributed by atoms with Crippen LogP contribution < -0.4 is 5.48 Å². The Morgan fingerprint density at radius 3 is 2.89 bits per heavy atom. The molecule has 0 aromatic carbocycles. The maximum atomic E-state index is 11.8. The lowest BCUT2D eigenvalue weighted by Gasteiger charge is -2.18. The summed E-state index contributed by atoms with van der Waals surface area (Å²) in [5.74, 6) is 0.287. The second-order valence-corrected chi connectivity index (χ2v) is 5.52. The minimum atomic E-state index is -0.435. The lowest BCUT2D eigenvalue weighted by Crippen LogP contribution is -2.33. The molecule has 0 saturated heterocycles. The summed E-state index contributed by atoms with van der Waals surface area (Å²) < 4.78 is 5.21. The summed E-state index contributed by atoms with van der Waals surface area (Å²) in [7, 11) is 0. The number of hydrogen-bond acceptors (Lipinski definition) is 5. The average molecular weight is 266 g/mol. The molecule has 6 heteroatoms. The van der Waals surface area contributed by atoms with Crippen LogP contribution in [-0.4, -0.2) is 16.5 Å². The molecule has 1 N–H and O–H groups in total. The lowest BCUT2D eigenvalue weighted by molar-refractivity contribution is -0.0591. The molecule has 0 bridgehead atoms. The molecular formula is C12H14N2O3S. The van der Waals surface area contributed by atoms with Gasteiger partial charge in [0.1, 0.15) is 5.69 Å². The van der Waals surface area contributed by atoms with E-state index in [1.54, 1.807) is 23.8 Å². The van der Waals surface area contributed by atoms with Gasteiger partial charge in [0.15, 0.2) is 10.8 Å². The van der Waals surface area contributed by atoms with E-state index in [2.05, 4.69) is 10.5 Å². The summed E-state index contributed by atoms with van der Waals surface area (Å²) in [4.78, 5) is 21.1. The molecule has 0 radical (unpaired) electrons. The molecule has 2 aromatic rings. The Labute approximate surface area is 109 Å². The summed E-state index contributed by atoms with van der Waals surface area (Å²) in [6.45, 7) is 5.55. The molecule has 0 aliphatic carbocycles. The van der Waals surface area contributed by atoms with Crippen molar-refractivity contribution in [3.8, 4) is 10.8 Å². The maximum Gasteiger partial charge on any atom is 0.294 e. The topological polar surface area (TPSA) is 64.4 Å². The highest BCUT2D eigenvalue weighted by Crippen LogP contribution is 2.23. The van der Waals surface area contributed by atoms with Crippen LogP contribution in [0.15, 0.2) is 28.2 Å². The lowest BCUT2D eigenvalue weighted by atomic mass is 10.2. The van der Waals surface area contributed by atoms with Crippen LogP contribution >= 0.6 is 11.3 Å². The predicted molar refractivity (Wildman–Crippen MR) is 68.1 cm³/mol. The largest absolute Gasteiger partial charge is 0.462 e. The standard InChI is InChI=1S/C12H14N2O3S/c1-12(2,3)17-14-10(15)8-7-18-11(13-8)9-5-4-6-16-9/h4-7H,1-3H3,(H,14,15). The number of aromatic nitrogens is 1. The zero-order valence-corrected chi connectivity index (χ0v) is 11.2. The van der Waals surface area contributed by atoms with Crippen molar-refractivity contribution in [2.45, 2.75) is 26.4 Å². The van der Waals surface area contributed by atoms with Gasteiger partial charge in [0.25, 0.3) is 5.91 Å². The molecule has 0 atom stereocenters. The van der Waals surface area contributed by atoms with E-state index >= 15 is 0 Å². The number of hydroxylamine groups is 1. The summed E-state index contributed by atoms with van der Waals surface area (Å²) >= 11 is 1.35. The number of rotatable bonds is 3. The molecule has 0 aliphatic heterocycles. The first-order valence-electron chi connectivity index (χ1n) is 5.43. The molecular weight excluding hydrogens is 252 g/mol. The number of thiazole rings is 1. The van der Waals surface area contributed by atoms with Crippen LogP contribution in [0.1, 0.15) is 31.3 Å². The van der Waals surface area contributed by atoms with Crippen LogP contribution in [0.25, 0.3) is 10.8 Å². The monoisotopic (exact) mass is 266 g/mol. The van der Waals surface area contributed by atoms with Crippen molar-refractivity contribution in [2.75, 3.05) is 0 Å². The van der Waals surface area contributed by atoms with E-state index in [1.165, 1.54) is 11.3 Å². The second-order valence-electron chi connectivity index (χ2n) is 4.66. The quantitative estimate of drug-likeness (QED) is 0.868. The van der Waals surface area contributed by atoms with Crippen LogP contribution in [0, 0.1) is 0 Å². The van der Waals surface area contributed by atoms with Crippen LogP contribution in [0.5, 0.6) is 0 Å². The Balaban J connectivity index is 2.04. The Kier molecular flexibility index (Phi) is 3.49. The van der Waals surface area contributed by atoms with E-state index in [0.717, 1.165) is 0 Å². The number of furan rings is 1. The fourth-order valence-corrected chi connectivity index (χ4v) is 1.91. The van der Waals surface area contributed by atoms with Crippen LogP contribution in [0.2, 0.25) is 0 Å². The van der Waals surface area contributed by atoms with Gasteiger partial charge >= 0.3 is 0 Å². The van der Waals surface area contributed by atoms with E-state index < -0.39 is 5.60 Å². The van der Waals surface area contributed by atoms with Gasteiger partial charge in [-0.05, 0) is 32.9 Å². The molecule has 0 fully saturated rings. The first kappa shape index (κ1) is 12.8. The molecule has 0 unspecified atom stereocenters. The Bertz CT molecular complexity index is 526. The average Bonchev–Trinajstić information content (AvgIpc) is 2.94. The van der Waals surface area contributed by atoms with E-state index in [0.29, 0.717) is 16.5 Å². The van der Waals surface area contributed by atoms with Gasteiger partial charge < -0.3 is 4.42 Å². The van der Waals surface area contributed by atoms with E-state index in [9.17, 15) is 4.79 Å². The zero-order valence-electron chi connectivity index (χ0n) is 10.4. The smallest absolute Gasteiger partial charge is 0.294 e. The summed E-state index contributed by atoms with van der Waals surface area (Å²) in [5.41, 5.74) is 2.25. The number of hydrogen-bond donors (Lipinski definition) is 1. The molecule has 2 heterocycles. The van der Waals surface area contributed by atoms with Crippen LogP contribution in [0.3, 0.4) is 0 Å². The van der Waals surface area contributed by atoms with Crippen molar-refractivity contribution >= 4 is 17.2 Å². The highest BCUT2D eigenvalue weighted by Gasteiger charge is 2.17. The molecule has 5 nitrogen and oxygen atoms in total. The van der Waals surface area contributed by atoms with Crippen molar-refractivity contribution in [1.29, 1.82) is 0 Å². The maximum absolute atomic E-state index is 11.8. The molecule has 96 valence electrons.